The molecule has 0 aromatic rings. The average molecular weight is 198 g/mol. The van der Waals surface area contributed by atoms with Gasteiger partial charge in [0.25, 0.3) is 0 Å². The minimum atomic E-state index is -0.112. The molecular weight excluding hydrogens is 180 g/mol. The maximum absolute atomic E-state index is 11.9. The standard InChI is InChI=1S/C10H18O2Si/c1-9(2)7-3-4-10(9,6-12-13)8(11)5-7/h7H,3-6H2,1-2,13H3. The molecule has 0 amide bonds. The Balaban J connectivity index is 2.37. The van der Waals surface area contributed by atoms with Crippen molar-refractivity contribution in [3.63, 3.8) is 0 Å². The number of carbonyl (C=O) groups excluding carboxylic acids is 1. The molecule has 0 aliphatic heterocycles. The van der Waals surface area contributed by atoms with Crippen LogP contribution in [0.15, 0.2) is 0 Å². The molecule has 2 aliphatic rings. The Bertz CT molecular complexity index is 249. The summed E-state index contributed by atoms with van der Waals surface area (Å²) in [7, 11) is 0.748. The van der Waals surface area contributed by atoms with Gasteiger partial charge in [-0.25, -0.2) is 0 Å². The molecule has 2 bridgehead atoms. The highest BCUT2D eigenvalue weighted by Crippen LogP contribution is 2.63. The van der Waals surface area contributed by atoms with E-state index < -0.39 is 0 Å². The van der Waals surface area contributed by atoms with Crippen molar-refractivity contribution < 1.29 is 9.22 Å². The van der Waals surface area contributed by atoms with Crippen molar-refractivity contribution in [2.45, 2.75) is 33.1 Å². The van der Waals surface area contributed by atoms with Crippen LogP contribution in [0.2, 0.25) is 0 Å². The lowest BCUT2D eigenvalue weighted by Gasteiger charge is -2.35. The van der Waals surface area contributed by atoms with Crippen LogP contribution in [0.4, 0.5) is 0 Å². The van der Waals surface area contributed by atoms with Crippen LogP contribution < -0.4 is 0 Å². The van der Waals surface area contributed by atoms with E-state index in [1.54, 1.807) is 0 Å². The van der Waals surface area contributed by atoms with Crippen molar-refractivity contribution in [1.82, 2.24) is 0 Å². The zero-order chi connectivity index (χ0) is 9.69. The van der Waals surface area contributed by atoms with Gasteiger partial charge in [0, 0.05) is 13.0 Å². The molecule has 0 saturated heterocycles. The molecule has 2 saturated carbocycles. The van der Waals surface area contributed by atoms with E-state index in [4.69, 9.17) is 4.43 Å². The summed E-state index contributed by atoms with van der Waals surface area (Å²) in [6.07, 6.45) is 3.09. The predicted octanol–water partition coefficient (Wildman–Crippen LogP) is 0.679. The summed E-state index contributed by atoms with van der Waals surface area (Å²) in [5.74, 6) is 1.08. The average Bonchev–Trinajstić information content (AvgIpc) is 2.38. The second-order valence-corrected chi connectivity index (χ2v) is 5.68. The predicted molar refractivity (Wildman–Crippen MR) is 54.5 cm³/mol. The maximum atomic E-state index is 11.9. The van der Waals surface area contributed by atoms with Crippen LogP contribution in [0.3, 0.4) is 0 Å². The number of rotatable bonds is 2. The van der Waals surface area contributed by atoms with Gasteiger partial charge < -0.3 is 4.43 Å². The summed E-state index contributed by atoms with van der Waals surface area (Å²) in [5.41, 5.74) is 0.0773. The molecule has 13 heavy (non-hydrogen) atoms. The van der Waals surface area contributed by atoms with Gasteiger partial charge in [-0.15, -0.1) is 0 Å². The van der Waals surface area contributed by atoms with Gasteiger partial charge in [-0.1, -0.05) is 13.8 Å². The van der Waals surface area contributed by atoms with Gasteiger partial charge in [0.15, 0.2) is 0 Å². The third-order valence-electron chi connectivity index (χ3n) is 4.53. The van der Waals surface area contributed by atoms with Gasteiger partial charge in [-0.05, 0) is 24.2 Å². The summed E-state index contributed by atoms with van der Waals surface area (Å²) in [5, 5.41) is 0. The molecule has 2 nitrogen and oxygen atoms in total. The van der Waals surface area contributed by atoms with Crippen molar-refractivity contribution in [3.8, 4) is 0 Å². The van der Waals surface area contributed by atoms with Crippen LogP contribution in [0.25, 0.3) is 0 Å². The Morgan fingerprint density at radius 2 is 2.31 bits per heavy atom. The highest BCUT2D eigenvalue weighted by Gasteiger charge is 2.63. The number of hydrogen-bond acceptors (Lipinski definition) is 2. The van der Waals surface area contributed by atoms with E-state index >= 15 is 0 Å². The quantitative estimate of drug-likeness (QED) is 0.610. The number of fused-ring (bicyclic) bond motifs is 2. The van der Waals surface area contributed by atoms with E-state index in [1.165, 1.54) is 6.42 Å². The zero-order valence-electron chi connectivity index (χ0n) is 8.72. The molecule has 0 spiro atoms. The Hall–Kier alpha value is -0.153. The zero-order valence-corrected chi connectivity index (χ0v) is 10.7. The van der Waals surface area contributed by atoms with Gasteiger partial charge >= 0.3 is 0 Å². The molecule has 74 valence electrons. The molecule has 0 aromatic carbocycles. The van der Waals surface area contributed by atoms with Crippen LogP contribution in [-0.4, -0.2) is 22.9 Å². The van der Waals surface area contributed by atoms with Gasteiger partial charge in [0.1, 0.15) is 16.3 Å². The molecule has 0 N–H and O–H groups in total. The van der Waals surface area contributed by atoms with E-state index in [1.807, 2.05) is 0 Å². The van der Waals surface area contributed by atoms with Crippen LogP contribution in [0, 0.1) is 16.7 Å². The first-order valence-corrected chi connectivity index (χ1v) is 5.88. The first-order valence-electron chi connectivity index (χ1n) is 5.07. The third kappa shape index (κ3) is 0.946. The highest BCUT2D eigenvalue weighted by molar-refractivity contribution is 5.98. The molecule has 2 unspecified atom stereocenters. The SMILES string of the molecule is CC1(C)C2CCC1(CO[SiH3])C(=O)C2. The lowest BCUT2D eigenvalue weighted by Crippen LogP contribution is -2.40. The second kappa shape index (κ2) is 2.67. The van der Waals surface area contributed by atoms with Crippen LogP contribution in [0.5, 0.6) is 0 Å². The van der Waals surface area contributed by atoms with Crippen molar-refractivity contribution in [3.05, 3.63) is 0 Å². The fraction of sp³-hybridized carbons (Fsp3) is 0.900. The van der Waals surface area contributed by atoms with Gasteiger partial charge in [-0.2, -0.15) is 0 Å². The Morgan fingerprint density at radius 1 is 1.62 bits per heavy atom. The summed E-state index contributed by atoms with van der Waals surface area (Å²) >= 11 is 0. The van der Waals surface area contributed by atoms with Crippen molar-refractivity contribution >= 4 is 16.3 Å². The Morgan fingerprint density at radius 3 is 2.69 bits per heavy atom. The Kier molecular flexibility index (Phi) is 1.93. The molecule has 0 aromatic heterocycles. The topological polar surface area (TPSA) is 26.3 Å². The summed E-state index contributed by atoms with van der Waals surface area (Å²) in [6.45, 7) is 5.17. The van der Waals surface area contributed by atoms with Crippen molar-refractivity contribution in [1.29, 1.82) is 0 Å². The largest absolute Gasteiger partial charge is 0.427 e. The third-order valence-corrected chi connectivity index (χ3v) is 4.82. The van der Waals surface area contributed by atoms with Gasteiger partial charge in [0.2, 0.25) is 0 Å². The van der Waals surface area contributed by atoms with Crippen LogP contribution >= 0.6 is 0 Å². The molecule has 0 heterocycles. The second-order valence-electron chi connectivity index (χ2n) is 5.10. The molecule has 2 atom stereocenters. The van der Waals surface area contributed by atoms with Gasteiger partial charge in [-0.3, -0.25) is 4.79 Å². The first-order chi connectivity index (χ1) is 6.04. The van der Waals surface area contributed by atoms with Crippen molar-refractivity contribution in [2.24, 2.45) is 16.7 Å². The number of hydrogen-bond donors (Lipinski definition) is 0. The maximum Gasteiger partial charge on any atom is 0.146 e. The normalized spacial score (nSPS) is 41.7. The summed E-state index contributed by atoms with van der Waals surface area (Å²) < 4.78 is 5.37. The van der Waals surface area contributed by atoms with E-state index in [9.17, 15) is 4.79 Å². The molecule has 0 radical (unpaired) electrons. The number of carbonyl (C=O) groups is 1. The molecular formula is C10H18O2Si. The van der Waals surface area contributed by atoms with Crippen LogP contribution in [0.1, 0.15) is 33.1 Å². The van der Waals surface area contributed by atoms with Crippen LogP contribution in [-0.2, 0) is 9.22 Å². The number of ketones is 1. The molecule has 2 fully saturated rings. The molecule has 2 aliphatic carbocycles. The smallest absolute Gasteiger partial charge is 0.146 e. The van der Waals surface area contributed by atoms with E-state index in [2.05, 4.69) is 13.8 Å². The fourth-order valence-corrected chi connectivity index (χ4v) is 3.85. The van der Waals surface area contributed by atoms with E-state index in [0.29, 0.717) is 18.3 Å². The van der Waals surface area contributed by atoms with Gasteiger partial charge in [0.05, 0.1) is 5.41 Å². The minimum absolute atomic E-state index is 0.112. The fourth-order valence-electron chi connectivity index (χ4n) is 3.35. The minimum Gasteiger partial charge on any atom is -0.427 e. The monoisotopic (exact) mass is 198 g/mol. The van der Waals surface area contributed by atoms with E-state index in [0.717, 1.165) is 23.3 Å². The molecule has 3 heteroatoms. The lowest BCUT2D eigenvalue weighted by molar-refractivity contribution is -0.131. The van der Waals surface area contributed by atoms with E-state index in [-0.39, 0.29) is 10.8 Å². The lowest BCUT2D eigenvalue weighted by atomic mass is 9.69. The first kappa shape index (κ1) is 9.40. The highest BCUT2D eigenvalue weighted by atomic mass is 28.2. The number of Topliss-reactive ketones (excluding diaryl/α,β-unsaturated/α-hetero) is 1. The molecule has 2 rings (SSSR count). The summed E-state index contributed by atoms with van der Waals surface area (Å²) in [6, 6.07) is 0. The summed E-state index contributed by atoms with van der Waals surface area (Å²) in [4.78, 5) is 11.9. The van der Waals surface area contributed by atoms with Crippen molar-refractivity contribution in [2.75, 3.05) is 6.61 Å². The Labute approximate surface area is 82.6 Å².